The summed E-state index contributed by atoms with van der Waals surface area (Å²) >= 11 is 0. The minimum Gasteiger partial charge on any atom is -0.481 e. The number of unbranched alkanes of at least 4 members (excludes halogenated alkanes) is 2. The third-order valence-electron chi connectivity index (χ3n) is 8.34. The molecule has 0 bridgehead atoms. The van der Waals surface area contributed by atoms with Crippen molar-refractivity contribution in [3.8, 4) is 0 Å². The zero-order valence-electron chi connectivity index (χ0n) is 37.1. The summed E-state index contributed by atoms with van der Waals surface area (Å²) in [5, 5.41) is 11.8. The number of nitrogens with zero attached hydrogens (tertiary/aromatic N) is 4. The molecule has 1 rings (SSSR count). The monoisotopic (exact) mass is 814 g/mol. The summed E-state index contributed by atoms with van der Waals surface area (Å²) in [6.07, 6.45) is 2.10. The number of ether oxygens (including phenoxy) is 4. The molecule has 0 radical (unpaired) electrons. The molecule has 1 heterocycles. The third-order valence-corrected chi connectivity index (χ3v) is 8.34. The van der Waals surface area contributed by atoms with Crippen LogP contribution in [-0.2, 0) is 47.7 Å². The number of carboxylic acid groups (broad SMARTS) is 1. The van der Waals surface area contributed by atoms with Gasteiger partial charge in [0.15, 0.2) is 0 Å². The summed E-state index contributed by atoms with van der Waals surface area (Å²) in [6, 6.07) is -0.830. The second-order valence-electron chi connectivity index (χ2n) is 18.8. The first-order chi connectivity index (χ1) is 26.1. The highest BCUT2D eigenvalue weighted by Crippen LogP contribution is 2.18. The average Bonchev–Trinajstić information content (AvgIpc) is 2.99. The Morgan fingerprint density at radius 3 is 1.25 bits per heavy atom. The molecule has 330 valence electrons. The van der Waals surface area contributed by atoms with E-state index in [1.165, 1.54) is 0 Å². The van der Waals surface area contributed by atoms with Crippen LogP contribution in [0.25, 0.3) is 0 Å². The molecule has 1 saturated heterocycles. The predicted molar refractivity (Wildman–Crippen MR) is 216 cm³/mol. The standard InChI is InChI=1S/C41H75N5O11/c1-38(2,3)54-34(50)28-43-20-22-44(29-35(51)55-39(4,5)6)24-26-46(27-25-45(23-21-43)30-36(52)56-40(7,8)9)31(37(53)57-41(10,11)12)17-18-32(47)42-19-15-13-14-16-33(48)49/h31H,13-30H2,1-12H3,(H,42,47)(H,48,49). The van der Waals surface area contributed by atoms with E-state index in [1.807, 2.05) is 40.4 Å². The lowest BCUT2D eigenvalue weighted by Crippen LogP contribution is -2.53. The van der Waals surface area contributed by atoms with Crippen LogP contribution in [0.3, 0.4) is 0 Å². The second kappa shape index (κ2) is 23.9. The Kier molecular flexibility index (Phi) is 21.7. The molecule has 0 saturated carbocycles. The highest BCUT2D eigenvalue weighted by molar-refractivity contribution is 5.79. The van der Waals surface area contributed by atoms with Crippen molar-refractivity contribution in [1.29, 1.82) is 0 Å². The Morgan fingerprint density at radius 1 is 0.526 bits per heavy atom. The van der Waals surface area contributed by atoms with Gasteiger partial charge in [-0.3, -0.25) is 48.4 Å². The van der Waals surface area contributed by atoms with Gasteiger partial charge < -0.3 is 29.4 Å². The minimum atomic E-state index is -0.852. The number of carboxylic acids is 1. The smallest absolute Gasteiger partial charge is 0.323 e. The fourth-order valence-corrected chi connectivity index (χ4v) is 5.99. The van der Waals surface area contributed by atoms with E-state index in [2.05, 4.69) is 5.32 Å². The Bertz CT molecular complexity index is 1250. The fourth-order valence-electron chi connectivity index (χ4n) is 5.99. The zero-order valence-corrected chi connectivity index (χ0v) is 37.1. The van der Waals surface area contributed by atoms with Crippen molar-refractivity contribution in [2.45, 2.75) is 150 Å². The van der Waals surface area contributed by atoms with Crippen LogP contribution in [0, 0.1) is 0 Å². The Labute approximate surface area is 341 Å². The number of hydrogen-bond donors (Lipinski definition) is 2. The quantitative estimate of drug-likeness (QED) is 0.124. The van der Waals surface area contributed by atoms with Gasteiger partial charge in [-0.2, -0.15) is 0 Å². The first-order valence-electron chi connectivity index (χ1n) is 20.4. The Hall–Kier alpha value is -3.34. The fraction of sp³-hybridized carbons (Fsp3) is 0.854. The molecule has 1 atom stereocenters. The van der Waals surface area contributed by atoms with Gasteiger partial charge in [-0.15, -0.1) is 0 Å². The molecule has 57 heavy (non-hydrogen) atoms. The van der Waals surface area contributed by atoms with E-state index in [4.69, 9.17) is 24.1 Å². The van der Waals surface area contributed by atoms with E-state index < -0.39 is 52.3 Å². The van der Waals surface area contributed by atoms with Crippen LogP contribution in [0.15, 0.2) is 0 Å². The molecule has 0 aromatic carbocycles. The van der Waals surface area contributed by atoms with Gasteiger partial charge in [-0.25, -0.2) is 0 Å². The SMILES string of the molecule is CC(C)(C)OC(=O)CN1CCN(CC(=O)OC(C)(C)C)CCN(C(CCC(=O)NCCCCCC(=O)O)C(=O)OC(C)(C)C)CCN(CC(=O)OC(C)(C)C)CC1. The molecule has 0 aliphatic carbocycles. The van der Waals surface area contributed by atoms with Crippen LogP contribution in [-0.4, -0.2) is 167 Å². The van der Waals surface area contributed by atoms with Gasteiger partial charge in [0.2, 0.25) is 5.91 Å². The molecular formula is C41H75N5O11. The number of aliphatic carboxylic acids is 1. The number of hydrogen-bond acceptors (Lipinski definition) is 14. The van der Waals surface area contributed by atoms with Crippen molar-refractivity contribution in [3.63, 3.8) is 0 Å². The number of amides is 1. The Balaban J connectivity index is 3.48. The van der Waals surface area contributed by atoms with Crippen LogP contribution in [0.2, 0.25) is 0 Å². The van der Waals surface area contributed by atoms with Crippen molar-refractivity contribution in [3.05, 3.63) is 0 Å². The van der Waals surface area contributed by atoms with Gasteiger partial charge in [0.05, 0.1) is 19.6 Å². The van der Waals surface area contributed by atoms with Crippen molar-refractivity contribution in [1.82, 2.24) is 24.9 Å². The molecule has 0 spiro atoms. The van der Waals surface area contributed by atoms with Crippen LogP contribution < -0.4 is 5.32 Å². The highest BCUT2D eigenvalue weighted by Gasteiger charge is 2.33. The maximum atomic E-state index is 13.9. The summed E-state index contributed by atoms with van der Waals surface area (Å²) < 4.78 is 22.9. The predicted octanol–water partition coefficient (Wildman–Crippen LogP) is 3.48. The number of nitrogens with one attached hydrogen (secondary N) is 1. The van der Waals surface area contributed by atoms with Crippen molar-refractivity contribution < 1.29 is 52.8 Å². The number of esters is 4. The summed E-state index contributed by atoms with van der Waals surface area (Å²) in [6.45, 7) is 24.8. The largest absolute Gasteiger partial charge is 0.481 e. The molecule has 0 aromatic heterocycles. The molecule has 1 aliphatic rings. The molecule has 1 fully saturated rings. The molecule has 1 aliphatic heterocycles. The number of carbonyl (C=O) groups excluding carboxylic acids is 5. The zero-order chi connectivity index (χ0) is 43.6. The first-order valence-corrected chi connectivity index (χ1v) is 20.4. The highest BCUT2D eigenvalue weighted by atomic mass is 16.6. The molecule has 1 unspecified atom stereocenters. The minimum absolute atomic E-state index is 0.00899. The summed E-state index contributed by atoms with van der Waals surface area (Å²) in [5.41, 5.74) is -2.87. The molecule has 2 N–H and O–H groups in total. The Morgan fingerprint density at radius 2 is 0.895 bits per heavy atom. The van der Waals surface area contributed by atoms with Gasteiger partial charge >= 0.3 is 29.8 Å². The van der Waals surface area contributed by atoms with Gasteiger partial charge in [-0.1, -0.05) is 6.42 Å². The van der Waals surface area contributed by atoms with Gasteiger partial charge in [0.1, 0.15) is 28.4 Å². The van der Waals surface area contributed by atoms with Crippen LogP contribution in [0.1, 0.15) is 122 Å². The average molecular weight is 814 g/mol. The molecule has 1 amide bonds. The van der Waals surface area contributed by atoms with E-state index >= 15 is 0 Å². The topological polar surface area (TPSA) is 185 Å². The van der Waals surface area contributed by atoms with Gasteiger partial charge in [0.25, 0.3) is 0 Å². The van der Waals surface area contributed by atoms with Gasteiger partial charge in [-0.05, 0) is 102 Å². The molecule has 0 aromatic rings. The van der Waals surface area contributed by atoms with E-state index in [1.54, 1.807) is 62.3 Å². The van der Waals surface area contributed by atoms with E-state index in [0.29, 0.717) is 78.2 Å². The maximum Gasteiger partial charge on any atom is 0.323 e. The normalized spacial score (nSPS) is 17.1. The molecule has 16 nitrogen and oxygen atoms in total. The van der Waals surface area contributed by atoms with Crippen molar-refractivity contribution in [2.24, 2.45) is 0 Å². The molecule has 16 heteroatoms. The van der Waals surface area contributed by atoms with Crippen molar-refractivity contribution >= 4 is 35.8 Å². The lowest BCUT2D eigenvalue weighted by molar-refractivity contribution is -0.163. The third kappa shape index (κ3) is 27.1. The lowest BCUT2D eigenvalue weighted by atomic mass is 10.1. The summed E-state index contributed by atoms with van der Waals surface area (Å²) in [5.74, 6) is -2.79. The van der Waals surface area contributed by atoms with E-state index in [-0.39, 0.29) is 50.8 Å². The van der Waals surface area contributed by atoms with E-state index in [9.17, 15) is 28.8 Å². The van der Waals surface area contributed by atoms with Crippen molar-refractivity contribution in [2.75, 3.05) is 78.5 Å². The maximum absolute atomic E-state index is 13.9. The summed E-state index contributed by atoms with van der Waals surface area (Å²) in [7, 11) is 0. The van der Waals surface area contributed by atoms with Gasteiger partial charge in [0, 0.05) is 71.7 Å². The second-order valence-corrected chi connectivity index (χ2v) is 18.8. The van der Waals surface area contributed by atoms with Crippen LogP contribution in [0.5, 0.6) is 0 Å². The number of carbonyl (C=O) groups is 6. The molecular weight excluding hydrogens is 738 g/mol. The number of rotatable bonds is 17. The van der Waals surface area contributed by atoms with Crippen LogP contribution >= 0.6 is 0 Å². The lowest BCUT2D eigenvalue weighted by Gasteiger charge is -2.37. The summed E-state index contributed by atoms with van der Waals surface area (Å²) in [4.78, 5) is 84.8. The van der Waals surface area contributed by atoms with E-state index in [0.717, 1.165) is 0 Å². The van der Waals surface area contributed by atoms with Crippen LogP contribution in [0.4, 0.5) is 0 Å². The first kappa shape index (κ1) is 51.7.